The molecule has 146 valence electrons. The van der Waals surface area contributed by atoms with E-state index in [4.69, 9.17) is 10.5 Å². The number of amides is 2. The van der Waals surface area contributed by atoms with E-state index < -0.39 is 28.8 Å². The Hall–Kier alpha value is -3.95. The van der Waals surface area contributed by atoms with Gasteiger partial charge < -0.3 is 21.1 Å². The van der Waals surface area contributed by atoms with E-state index in [0.29, 0.717) is 5.69 Å². The maximum Gasteiger partial charge on any atom is 0.339 e. The molecule has 0 fully saturated rings. The topological polar surface area (TPSA) is 154 Å². The number of nitro groups is 1. The van der Waals surface area contributed by atoms with Gasteiger partial charge >= 0.3 is 5.97 Å². The molecule has 0 unspecified atom stereocenters. The second-order valence-corrected chi connectivity index (χ2v) is 5.72. The van der Waals surface area contributed by atoms with Crippen molar-refractivity contribution >= 4 is 34.8 Å². The van der Waals surface area contributed by atoms with Gasteiger partial charge in [-0.3, -0.25) is 19.7 Å². The van der Waals surface area contributed by atoms with Gasteiger partial charge in [-0.25, -0.2) is 4.79 Å². The van der Waals surface area contributed by atoms with E-state index in [1.54, 1.807) is 0 Å². The lowest BCUT2D eigenvalue weighted by Crippen LogP contribution is -2.30. The van der Waals surface area contributed by atoms with Crippen molar-refractivity contribution in [3.63, 3.8) is 0 Å². The fourth-order valence-corrected chi connectivity index (χ4v) is 2.26. The van der Waals surface area contributed by atoms with Crippen LogP contribution in [0, 0.1) is 10.1 Å². The Morgan fingerprint density at radius 1 is 1.11 bits per heavy atom. The lowest BCUT2D eigenvalue weighted by Gasteiger charge is -2.14. The maximum absolute atomic E-state index is 12.2. The Kier molecular flexibility index (Phi) is 6.27. The molecule has 2 rings (SSSR count). The van der Waals surface area contributed by atoms with Crippen LogP contribution in [0.5, 0.6) is 0 Å². The SMILES string of the molecule is CNc1ccc(C(=O)O[C@@H](C)C(=O)Nc2ccc(C(N)=O)cc2)cc1[N+](=O)[O-]. The van der Waals surface area contributed by atoms with Crippen molar-refractivity contribution in [3.05, 3.63) is 63.7 Å². The number of carbonyl (C=O) groups is 3. The molecule has 1 atom stereocenters. The molecule has 28 heavy (non-hydrogen) atoms. The summed E-state index contributed by atoms with van der Waals surface area (Å²) >= 11 is 0. The molecule has 0 spiro atoms. The molecule has 0 aromatic heterocycles. The summed E-state index contributed by atoms with van der Waals surface area (Å²) in [6, 6.07) is 9.64. The number of hydrogen-bond acceptors (Lipinski definition) is 7. The van der Waals surface area contributed by atoms with Gasteiger partial charge in [-0.1, -0.05) is 0 Å². The summed E-state index contributed by atoms with van der Waals surface area (Å²) in [5.74, 6) is -2.09. The zero-order valence-electron chi connectivity index (χ0n) is 15.1. The minimum Gasteiger partial charge on any atom is -0.449 e. The van der Waals surface area contributed by atoms with E-state index in [1.165, 1.54) is 50.4 Å². The van der Waals surface area contributed by atoms with Gasteiger partial charge in [-0.2, -0.15) is 0 Å². The van der Waals surface area contributed by atoms with Crippen LogP contribution in [0.1, 0.15) is 27.6 Å². The number of hydrogen-bond donors (Lipinski definition) is 3. The van der Waals surface area contributed by atoms with Gasteiger partial charge in [0.2, 0.25) is 5.91 Å². The van der Waals surface area contributed by atoms with Crippen molar-refractivity contribution in [1.82, 2.24) is 0 Å². The zero-order chi connectivity index (χ0) is 20.8. The highest BCUT2D eigenvalue weighted by atomic mass is 16.6. The van der Waals surface area contributed by atoms with Crippen LogP contribution >= 0.6 is 0 Å². The molecule has 0 saturated carbocycles. The van der Waals surface area contributed by atoms with Gasteiger partial charge in [0.05, 0.1) is 10.5 Å². The second-order valence-electron chi connectivity index (χ2n) is 5.72. The van der Waals surface area contributed by atoms with Gasteiger partial charge in [-0.15, -0.1) is 0 Å². The molecule has 0 heterocycles. The van der Waals surface area contributed by atoms with Crippen molar-refractivity contribution < 1.29 is 24.0 Å². The summed E-state index contributed by atoms with van der Waals surface area (Å²) in [5, 5.41) is 16.3. The van der Waals surface area contributed by atoms with E-state index >= 15 is 0 Å². The van der Waals surface area contributed by atoms with Crippen molar-refractivity contribution in [3.8, 4) is 0 Å². The van der Waals surface area contributed by atoms with Crippen LogP contribution in [0.2, 0.25) is 0 Å². The Bertz CT molecular complexity index is 926. The van der Waals surface area contributed by atoms with Crippen LogP contribution in [-0.2, 0) is 9.53 Å². The predicted molar refractivity (Wildman–Crippen MR) is 101 cm³/mol. The number of nitrogens with zero attached hydrogens (tertiary/aromatic N) is 1. The Morgan fingerprint density at radius 3 is 2.25 bits per heavy atom. The third-order valence-electron chi connectivity index (χ3n) is 3.79. The first-order chi connectivity index (χ1) is 13.2. The highest BCUT2D eigenvalue weighted by Gasteiger charge is 2.22. The van der Waals surface area contributed by atoms with Crippen LogP contribution in [-0.4, -0.2) is 35.9 Å². The number of anilines is 2. The monoisotopic (exact) mass is 386 g/mol. The Balaban J connectivity index is 2.05. The molecule has 10 nitrogen and oxygen atoms in total. The minimum atomic E-state index is -1.16. The number of ether oxygens (including phenoxy) is 1. The van der Waals surface area contributed by atoms with E-state index in [-0.39, 0.29) is 22.5 Å². The van der Waals surface area contributed by atoms with Gasteiger partial charge in [-0.05, 0) is 43.3 Å². The quantitative estimate of drug-likeness (QED) is 0.373. The van der Waals surface area contributed by atoms with Crippen LogP contribution in [0.4, 0.5) is 17.1 Å². The van der Waals surface area contributed by atoms with Crippen molar-refractivity contribution in [1.29, 1.82) is 0 Å². The number of benzene rings is 2. The highest BCUT2D eigenvalue weighted by Crippen LogP contribution is 2.25. The summed E-state index contributed by atoms with van der Waals surface area (Å²) in [4.78, 5) is 45.9. The molecule has 0 aliphatic rings. The van der Waals surface area contributed by atoms with Gasteiger partial charge in [0, 0.05) is 24.4 Å². The summed E-state index contributed by atoms with van der Waals surface area (Å²) in [5.41, 5.74) is 5.70. The first-order valence-electron chi connectivity index (χ1n) is 8.11. The fourth-order valence-electron chi connectivity index (χ4n) is 2.26. The normalized spacial score (nSPS) is 11.2. The Labute approximate surface area is 159 Å². The molecule has 2 aromatic rings. The molecule has 0 saturated heterocycles. The minimum absolute atomic E-state index is 0.0591. The number of nitrogens with two attached hydrogens (primary N) is 1. The second kappa shape index (κ2) is 8.62. The molecule has 2 amide bonds. The summed E-state index contributed by atoms with van der Waals surface area (Å²) in [6.45, 7) is 1.36. The average Bonchev–Trinajstić information content (AvgIpc) is 2.67. The molecule has 4 N–H and O–H groups in total. The van der Waals surface area contributed by atoms with Crippen LogP contribution in [0.3, 0.4) is 0 Å². The molecule has 2 aromatic carbocycles. The number of carbonyl (C=O) groups excluding carboxylic acids is 3. The fraction of sp³-hybridized carbons (Fsp3) is 0.167. The summed E-state index contributed by atoms with van der Waals surface area (Å²) in [7, 11) is 1.52. The average molecular weight is 386 g/mol. The van der Waals surface area contributed by atoms with E-state index in [1.807, 2.05) is 0 Å². The highest BCUT2D eigenvalue weighted by molar-refractivity contribution is 5.98. The third-order valence-corrected chi connectivity index (χ3v) is 3.79. The number of primary amides is 1. The molecular formula is C18H18N4O6. The number of esters is 1. The molecular weight excluding hydrogens is 368 g/mol. The number of nitrogens with one attached hydrogen (secondary N) is 2. The van der Waals surface area contributed by atoms with Crippen molar-refractivity contribution in [2.45, 2.75) is 13.0 Å². The standard InChI is InChI=1S/C18H18N4O6/c1-10(17(24)21-13-6-3-11(4-7-13)16(19)23)28-18(25)12-5-8-14(20-2)15(9-12)22(26)27/h3-10,20H,1-2H3,(H2,19,23)(H,21,24)/t10-/m0/s1. The summed E-state index contributed by atoms with van der Waals surface area (Å²) in [6.07, 6.45) is -1.16. The summed E-state index contributed by atoms with van der Waals surface area (Å²) < 4.78 is 5.07. The lowest BCUT2D eigenvalue weighted by molar-refractivity contribution is -0.384. The lowest BCUT2D eigenvalue weighted by atomic mass is 10.1. The zero-order valence-corrected chi connectivity index (χ0v) is 15.1. The maximum atomic E-state index is 12.2. The predicted octanol–water partition coefficient (Wildman–Crippen LogP) is 1.92. The third kappa shape index (κ3) is 4.81. The van der Waals surface area contributed by atoms with Crippen LogP contribution < -0.4 is 16.4 Å². The largest absolute Gasteiger partial charge is 0.449 e. The molecule has 0 aliphatic heterocycles. The smallest absolute Gasteiger partial charge is 0.339 e. The first kappa shape index (κ1) is 20.4. The van der Waals surface area contributed by atoms with Crippen molar-refractivity contribution in [2.24, 2.45) is 5.73 Å². The van der Waals surface area contributed by atoms with Gasteiger partial charge in [0.25, 0.3) is 11.6 Å². The van der Waals surface area contributed by atoms with E-state index in [0.717, 1.165) is 6.07 Å². The van der Waals surface area contributed by atoms with Gasteiger partial charge in [0.15, 0.2) is 6.10 Å². The molecule has 0 radical (unpaired) electrons. The molecule has 10 heteroatoms. The number of rotatable bonds is 7. The first-order valence-corrected chi connectivity index (χ1v) is 8.11. The molecule has 0 aliphatic carbocycles. The number of nitro benzene ring substituents is 1. The van der Waals surface area contributed by atoms with Gasteiger partial charge in [0.1, 0.15) is 5.69 Å². The van der Waals surface area contributed by atoms with Crippen LogP contribution in [0.25, 0.3) is 0 Å². The van der Waals surface area contributed by atoms with Crippen molar-refractivity contribution in [2.75, 3.05) is 17.7 Å². The van der Waals surface area contributed by atoms with Crippen LogP contribution in [0.15, 0.2) is 42.5 Å². The van der Waals surface area contributed by atoms with E-state index in [2.05, 4.69) is 10.6 Å². The molecule has 0 bridgehead atoms. The Morgan fingerprint density at radius 2 is 1.71 bits per heavy atom. The van der Waals surface area contributed by atoms with E-state index in [9.17, 15) is 24.5 Å².